The first kappa shape index (κ1) is 20.1. The first-order chi connectivity index (χ1) is 14.5. The van der Waals surface area contributed by atoms with E-state index in [2.05, 4.69) is 57.1 Å². The van der Waals surface area contributed by atoms with Gasteiger partial charge in [0.25, 0.3) is 0 Å². The average molecular weight is 413 g/mol. The van der Waals surface area contributed by atoms with Gasteiger partial charge in [-0.25, -0.2) is 0 Å². The lowest BCUT2D eigenvalue weighted by Crippen LogP contribution is -2.19. The largest absolute Gasteiger partial charge is 0.507 e. The van der Waals surface area contributed by atoms with Gasteiger partial charge in [-0.2, -0.15) is 0 Å². The number of phenols is 1. The molecule has 2 nitrogen and oxygen atoms in total. The topological polar surface area (TPSA) is 29.5 Å². The van der Waals surface area contributed by atoms with Crippen molar-refractivity contribution in [2.24, 2.45) is 0 Å². The van der Waals surface area contributed by atoms with Gasteiger partial charge in [-0.1, -0.05) is 86.6 Å². The molecule has 0 bridgehead atoms. The zero-order valence-electron chi connectivity index (χ0n) is 17.0. The van der Waals surface area contributed by atoms with Gasteiger partial charge in [-0.05, 0) is 46.5 Å². The van der Waals surface area contributed by atoms with Crippen LogP contribution in [0.2, 0.25) is 0 Å². The molecule has 3 heteroatoms. The molecule has 4 aromatic rings. The van der Waals surface area contributed by atoms with Gasteiger partial charge < -0.3 is 9.29 Å². The van der Waals surface area contributed by atoms with Crippen LogP contribution in [0.5, 0.6) is 11.5 Å². The van der Waals surface area contributed by atoms with Gasteiger partial charge in [0.1, 0.15) is 11.5 Å². The van der Waals surface area contributed by atoms with Crippen molar-refractivity contribution in [2.45, 2.75) is 19.3 Å². The Morgan fingerprint density at radius 3 is 1.73 bits per heavy atom. The quantitative estimate of drug-likeness (QED) is 0.266. The summed E-state index contributed by atoms with van der Waals surface area (Å²) in [5.41, 5.74) is 5.90. The zero-order valence-corrected chi connectivity index (χ0v) is 17.9. The van der Waals surface area contributed by atoms with Crippen LogP contribution in [0.1, 0.15) is 25.0 Å². The minimum atomic E-state index is -0.282. The van der Waals surface area contributed by atoms with Crippen molar-refractivity contribution in [1.29, 1.82) is 0 Å². The number of phenolic OH excluding ortho intramolecular Hbond substituents is 1. The number of hydrogen-bond acceptors (Lipinski definition) is 3. The van der Waals surface area contributed by atoms with E-state index in [9.17, 15) is 5.11 Å². The van der Waals surface area contributed by atoms with Gasteiger partial charge in [-0.15, -0.1) is 0 Å². The van der Waals surface area contributed by atoms with Crippen molar-refractivity contribution in [2.75, 3.05) is 0 Å². The molecule has 0 aliphatic carbocycles. The van der Waals surface area contributed by atoms with E-state index in [1.807, 2.05) is 60.7 Å². The van der Waals surface area contributed by atoms with Crippen LogP contribution in [0.15, 0.2) is 97.1 Å². The molecule has 30 heavy (non-hydrogen) atoms. The Balaban J connectivity index is 1.81. The predicted molar refractivity (Wildman–Crippen MR) is 127 cm³/mol. The molecule has 0 fully saturated rings. The Kier molecular flexibility index (Phi) is 5.56. The average Bonchev–Trinajstić information content (AvgIpc) is 2.80. The molecule has 4 aromatic carbocycles. The van der Waals surface area contributed by atoms with Crippen LogP contribution in [0.25, 0.3) is 22.3 Å². The van der Waals surface area contributed by atoms with E-state index in [1.165, 1.54) is 0 Å². The molecule has 0 heterocycles. The molecule has 0 spiro atoms. The van der Waals surface area contributed by atoms with E-state index in [0.29, 0.717) is 0 Å². The van der Waals surface area contributed by atoms with Gasteiger partial charge >= 0.3 is 0 Å². The van der Waals surface area contributed by atoms with Crippen LogP contribution in [0.4, 0.5) is 0 Å². The molecule has 0 unspecified atom stereocenters. The maximum Gasteiger partial charge on any atom is 0.144 e. The zero-order chi connectivity index (χ0) is 21.1. The van der Waals surface area contributed by atoms with Crippen LogP contribution in [-0.2, 0) is 5.41 Å². The van der Waals surface area contributed by atoms with Gasteiger partial charge in [0.2, 0.25) is 0 Å². The van der Waals surface area contributed by atoms with Crippen molar-refractivity contribution < 1.29 is 9.29 Å². The highest BCUT2D eigenvalue weighted by Crippen LogP contribution is 2.40. The Morgan fingerprint density at radius 1 is 0.667 bits per heavy atom. The highest BCUT2D eigenvalue weighted by molar-refractivity contribution is 7.75. The SMILES string of the molecule is CC(C)(c1ccc(O)c(-c2ccccc2)c1)c1ccc(OS)c(-c2ccccc2)c1. The smallest absolute Gasteiger partial charge is 0.144 e. The number of hydrogen-bond donors (Lipinski definition) is 2. The minimum Gasteiger partial charge on any atom is -0.507 e. The van der Waals surface area contributed by atoms with Crippen molar-refractivity contribution in [3.63, 3.8) is 0 Å². The summed E-state index contributed by atoms with van der Waals surface area (Å²) in [4.78, 5) is 0. The summed E-state index contributed by atoms with van der Waals surface area (Å²) in [6, 6.07) is 32.2. The summed E-state index contributed by atoms with van der Waals surface area (Å²) in [7, 11) is 0. The Hall–Kier alpha value is -3.17. The standard InChI is InChI=1S/C27H24O2S/c1-27(2,21-13-15-25(28)23(17-21)19-9-5-3-6-10-19)22-14-16-26(29-30)24(18-22)20-11-7-4-8-12-20/h3-18,28,30H,1-2H3. The highest BCUT2D eigenvalue weighted by Gasteiger charge is 2.25. The second kappa shape index (κ2) is 8.29. The molecular weight excluding hydrogens is 388 g/mol. The van der Waals surface area contributed by atoms with Crippen molar-refractivity contribution in [3.8, 4) is 33.8 Å². The fourth-order valence-electron chi connectivity index (χ4n) is 3.78. The number of thiol groups is 1. The first-order valence-corrected chi connectivity index (χ1v) is 10.3. The molecule has 0 saturated heterocycles. The molecule has 0 amide bonds. The lowest BCUT2D eigenvalue weighted by molar-refractivity contribution is 0.476. The van der Waals surface area contributed by atoms with Crippen LogP contribution in [0.3, 0.4) is 0 Å². The first-order valence-electron chi connectivity index (χ1n) is 9.91. The lowest BCUT2D eigenvalue weighted by atomic mass is 9.76. The van der Waals surface area contributed by atoms with E-state index >= 15 is 0 Å². The van der Waals surface area contributed by atoms with E-state index < -0.39 is 0 Å². The van der Waals surface area contributed by atoms with Gasteiger partial charge in [0.05, 0.1) is 0 Å². The summed E-state index contributed by atoms with van der Waals surface area (Å²) < 4.78 is 5.33. The molecule has 1 N–H and O–H groups in total. The molecule has 0 saturated carbocycles. The van der Waals surface area contributed by atoms with Crippen molar-refractivity contribution in [1.82, 2.24) is 0 Å². The van der Waals surface area contributed by atoms with Crippen molar-refractivity contribution in [3.05, 3.63) is 108 Å². The third kappa shape index (κ3) is 3.81. The Morgan fingerprint density at radius 2 is 1.17 bits per heavy atom. The molecule has 0 radical (unpaired) electrons. The van der Waals surface area contributed by atoms with Crippen LogP contribution in [-0.4, -0.2) is 5.11 Å². The third-order valence-electron chi connectivity index (χ3n) is 5.69. The van der Waals surface area contributed by atoms with E-state index in [1.54, 1.807) is 6.07 Å². The summed E-state index contributed by atoms with van der Waals surface area (Å²) in [5.74, 6) is 1.00. The molecule has 4 rings (SSSR count). The van der Waals surface area contributed by atoms with E-state index in [0.717, 1.165) is 39.1 Å². The van der Waals surface area contributed by atoms with E-state index in [-0.39, 0.29) is 11.2 Å². The number of benzene rings is 4. The van der Waals surface area contributed by atoms with Crippen LogP contribution >= 0.6 is 12.9 Å². The van der Waals surface area contributed by atoms with Gasteiger partial charge in [0.15, 0.2) is 0 Å². The molecule has 0 aliphatic rings. The van der Waals surface area contributed by atoms with Crippen LogP contribution in [0, 0.1) is 0 Å². The number of aromatic hydroxyl groups is 1. The maximum atomic E-state index is 10.5. The molecule has 150 valence electrons. The molecule has 0 aliphatic heterocycles. The summed E-state index contributed by atoms with van der Waals surface area (Å²) in [5, 5.41) is 10.5. The Labute approximate surface area is 183 Å². The second-order valence-corrected chi connectivity index (χ2v) is 8.07. The second-order valence-electron chi connectivity index (χ2n) is 7.89. The van der Waals surface area contributed by atoms with Gasteiger partial charge in [-0.3, -0.25) is 0 Å². The van der Waals surface area contributed by atoms with Gasteiger partial charge in [0, 0.05) is 29.5 Å². The minimum absolute atomic E-state index is 0.282. The monoisotopic (exact) mass is 412 g/mol. The third-order valence-corrected chi connectivity index (χ3v) is 5.88. The normalized spacial score (nSPS) is 11.3. The Bertz CT molecular complexity index is 1150. The highest BCUT2D eigenvalue weighted by atomic mass is 32.1. The lowest BCUT2D eigenvalue weighted by Gasteiger charge is -2.28. The fourth-order valence-corrected chi connectivity index (χ4v) is 3.94. The molecule has 0 aromatic heterocycles. The molecule has 0 atom stereocenters. The predicted octanol–water partition coefficient (Wildman–Crippen LogP) is 7.28. The number of rotatable bonds is 5. The fraction of sp³-hybridized carbons (Fsp3) is 0.111. The van der Waals surface area contributed by atoms with Crippen LogP contribution < -0.4 is 4.18 Å². The molecular formula is C27H24O2S. The summed E-state index contributed by atoms with van der Waals surface area (Å²) >= 11 is 4.04. The van der Waals surface area contributed by atoms with E-state index in [4.69, 9.17) is 4.18 Å². The summed E-state index contributed by atoms with van der Waals surface area (Å²) in [6.45, 7) is 4.39. The maximum absolute atomic E-state index is 10.5. The summed E-state index contributed by atoms with van der Waals surface area (Å²) in [6.07, 6.45) is 0. The van der Waals surface area contributed by atoms with Crippen molar-refractivity contribution >= 4 is 12.9 Å².